The van der Waals surface area contributed by atoms with Crippen molar-refractivity contribution in [3.8, 4) is 11.4 Å². The number of allylic oxidation sites excluding steroid dienone is 1. The third-order valence-corrected chi connectivity index (χ3v) is 17.2. The maximum absolute atomic E-state index is 14.5. The molecule has 74 heavy (non-hydrogen) atoms. The van der Waals surface area contributed by atoms with Gasteiger partial charge in [-0.1, -0.05) is 80.6 Å². The zero-order chi connectivity index (χ0) is 51.4. The Labute approximate surface area is 428 Å². The van der Waals surface area contributed by atoms with Crippen LogP contribution in [0.4, 0.5) is 22.0 Å². The number of halogens is 5. The number of alkyl halides is 3. The highest BCUT2D eigenvalue weighted by molar-refractivity contribution is 6.01. The van der Waals surface area contributed by atoms with Gasteiger partial charge in [0.25, 0.3) is 0 Å². The second kappa shape index (κ2) is 19.4. The molecule has 4 aliphatic carbocycles. The number of aliphatic hydroxyl groups is 1. The summed E-state index contributed by atoms with van der Waals surface area (Å²) >= 11 is 0. The van der Waals surface area contributed by atoms with Gasteiger partial charge in [0.05, 0.1) is 34.8 Å². The molecule has 8 aromatic rings. The predicted octanol–water partition coefficient (Wildman–Crippen LogP) is 15.1. The van der Waals surface area contributed by atoms with Gasteiger partial charge in [0, 0.05) is 28.0 Å². The van der Waals surface area contributed by atoms with E-state index in [2.05, 4.69) is 59.6 Å². The summed E-state index contributed by atoms with van der Waals surface area (Å²) in [6.45, 7) is 4.33. The van der Waals surface area contributed by atoms with Crippen molar-refractivity contribution in [2.75, 3.05) is 0 Å². The van der Waals surface area contributed by atoms with Gasteiger partial charge in [0.15, 0.2) is 11.4 Å². The quantitative estimate of drug-likeness (QED) is 0.133. The molecule has 0 spiro atoms. The van der Waals surface area contributed by atoms with Gasteiger partial charge >= 0.3 is 6.18 Å². The minimum atomic E-state index is -4.77. The number of Topliss-reactive ketones (excluding diaryl/α,β-unsaturated/α-hetero) is 1. The van der Waals surface area contributed by atoms with E-state index < -0.39 is 17.2 Å². The molecule has 2 aromatic heterocycles. The molecule has 0 bridgehead atoms. The molecule has 11 heteroatoms. The van der Waals surface area contributed by atoms with Crippen LogP contribution in [0, 0.1) is 23.5 Å². The van der Waals surface area contributed by atoms with Crippen molar-refractivity contribution in [3.63, 3.8) is 0 Å². The van der Waals surface area contributed by atoms with Crippen molar-refractivity contribution in [2.24, 2.45) is 11.8 Å². The van der Waals surface area contributed by atoms with Gasteiger partial charge in [0.2, 0.25) is 0 Å². The number of hydrogen-bond donors (Lipinski definition) is 1. The predicted molar refractivity (Wildman–Crippen MR) is 282 cm³/mol. The Morgan fingerprint density at radius 3 is 1.59 bits per heavy atom. The van der Waals surface area contributed by atoms with E-state index in [9.17, 15) is 31.9 Å². The highest BCUT2D eigenvalue weighted by atomic mass is 19.4. The molecular weight excluding hydrogens is 940 g/mol. The summed E-state index contributed by atoms with van der Waals surface area (Å²) in [5, 5.41) is 22.5. The van der Waals surface area contributed by atoms with Crippen LogP contribution in [-0.4, -0.2) is 42.2 Å². The van der Waals surface area contributed by atoms with Gasteiger partial charge in [-0.25, -0.2) is 18.1 Å². The van der Waals surface area contributed by atoms with Gasteiger partial charge < -0.3 is 5.11 Å². The van der Waals surface area contributed by atoms with Crippen LogP contribution in [0.25, 0.3) is 45.3 Å². The summed E-state index contributed by atoms with van der Waals surface area (Å²) in [6, 6.07) is 40.6. The highest BCUT2D eigenvalue weighted by Crippen LogP contribution is 2.59. The van der Waals surface area contributed by atoms with Gasteiger partial charge in [0.1, 0.15) is 11.6 Å². The molecule has 0 unspecified atom stereocenters. The van der Waals surface area contributed by atoms with Crippen molar-refractivity contribution in [2.45, 2.75) is 114 Å². The average Bonchev–Trinajstić information content (AvgIpc) is 3.94. The summed E-state index contributed by atoms with van der Waals surface area (Å²) < 4.78 is 74.3. The third kappa shape index (κ3) is 8.70. The maximum atomic E-state index is 14.5. The molecule has 0 aliphatic heterocycles. The standard InChI is InChI=1S/C32H30F4N2O.C31H29FN2O/c1-2-30-18-25(15-21-7-4-3-5-8-21)31(39,32(34,35)36)19-24(30)10-6-9-22-17-29-23(16-28(22)30)20-37-38(29)27-13-11-26(33)12-14-27;1-2-31-19-23(15-21-7-4-3-5-8-21)30(35)18-25(31)10-6-9-22-17-29-24(16-28(22)31)20-33-34(29)27-13-11-26(32)12-14-27/h3-5,7-8,11-17,20,24,39H,2,6,9-10,18-19H2,1H3;3-5,7-8,11-17,20,25H,2,6,9-10,18-19H2,1H3/b25-15+;23-15+/t24-,30-,31+;25-,31-/m11/s1. The zero-order valence-electron chi connectivity index (χ0n) is 41.7. The molecule has 378 valence electrons. The minimum Gasteiger partial charge on any atom is -0.376 e. The number of hydrogen-bond acceptors (Lipinski definition) is 4. The first-order chi connectivity index (χ1) is 35.7. The first kappa shape index (κ1) is 49.2. The van der Waals surface area contributed by atoms with Gasteiger partial charge in [-0.05, 0) is 206 Å². The Balaban J connectivity index is 0.000000160. The molecule has 6 nitrogen and oxygen atoms in total. The van der Waals surface area contributed by atoms with E-state index in [1.165, 1.54) is 41.5 Å². The lowest BCUT2D eigenvalue weighted by Crippen LogP contribution is -2.56. The number of aryl methyl sites for hydroxylation is 2. The molecule has 12 rings (SSSR count). The lowest BCUT2D eigenvalue weighted by molar-refractivity contribution is -0.258. The van der Waals surface area contributed by atoms with Crippen molar-refractivity contribution in [1.29, 1.82) is 0 Å². The van der Waals surface area contributed by atoms with Crippen molar-refractivity contribution in [3.05, 3.63) is 202 Å². The van der Waals surface area contributed by atoms with E-state index in [4.69, 9.17) is 0 Å². The molecule has 2 saturated carbocycles. The molecule has 6 aromatic carbocycles. The van der Waals surface area contributed by atoms with Crippen molar-refractivity contribution < 1.29 is 31.9 Å². The summed E-state index contributed by atoms with van der Waals surface area (Å²) in [4.78, 5) is 13.2. The molecule has 4 aliphatic rings. The fourth-order valence-electron chi connectivity index (χ4n) is 13.4. The zero-order valence-corrected chi connectivity index (χ0v) is 41.7. The van der Waals surface area contributed by atoms with Crippen LogP contribution >= 0.6 is 0 Å². The van der Waals surface area contributed by atoms with Crippen LogP contribution < -0.4 is 0 Å². The Bertz CT molecular complexity index is 3430. The number of rotatable bonds is 6. The Hall–Kier alpha value is -6.98. The van der Waals surface area contributed by atoms with Gasteiger partial charge in [-0.3, -0.25) is 4.79 Å². The maximum Gasteiger partial charge on any atom is 0.421 e. The molecular formula is C63H59F5N4O2. The third-order valence-electron chi connectivity index (χ3n) is 17.2. The first-order valence-corrected chi connectivity index (χ1v) is 26.1. The lowest BCUT2D eigenvalue weighted by Gasteiger charge is -2.51. The number of benzene rings is 6. The van der Waals surface area contributed by atoms with Crippen molar-refractivity contribution >= 4 is 39.7 Å². The lowest BCUT2D eigenvalue weighted by atomic mass is 9.55. The van der Waals surface area contributed by atoms with Crippen LogP contribution in [0.2, 0.25) is 0 Å². The van der Waals surface area contributed by atoms with E-state index in [0.717, 1.165) is 100 Å². The summed E-state index contributed by atoms with van der Waals surface area (Å²) in [5.74, 6) is -0.236. The van der Waals surface area contributed by atoms with E-state index >= 15 is 0 Å². The highest BCUT2D eigenvalue weighted by Gasteiger charge is 2.63. The summed E-state index contributed by atoms with van der Waals surface area (Å²) in [5.41, 5.74) is 7.68. The molecule has 2 heterocycles. The molecule has 1 N–H and O–H groups in total. The molecule has 0 amide bonds. The normalized spacial score (nSPS) is 24.8. The van der Waals surface area contributed by atoms with Crippen LogP contribution in [-0.2, 0) is 28.5 Å². The summed E-state index contributed by atoms with van der Waals surface area (Å²) in [6.07, 6.45) is 10.6. The fourth-order valence-corrected chi connectivity index (χ4v) is 13.4. The summed E-state index contributed by atoms with van der Waals surface area (Å²) in [7, 11) is 0. The monoisotopic (exact) mass is 998 g/mol. The average molecular weight is 999 g/mol. The first-order valence-electron chi connectivity index (χ1n) is 26.1. The van der Waals surface area contributed by atoms with Gasteiger partial charge in [-0.15, -0.1) is 0 Å². The number of nitrogens with zero attached hydrogens (tertiary/aromatic N) is 4. The Kier molecular flexibility index (Phi) is 12.9. The number of carbonyl (C=O) groups excluding carboxylic acids is 1. The molecule has 2 fully saturated rings. The van der Waals surface area contributed by atoms with E-state index in [-0.39, 0.29) is 41.4 Å². The fraction of sp³-hybridized carbons (Fsp3) is 0.317. The number of fused-ring (bicyclic) bond motifs is 8. The minimum absolute atomic E-state index is 0.0225. The van der Waals surface area contributed by atoms with Crippen LogP contribution in [0.1, 0.15) is 111 Å². The SMILES string of the molecule is CC[C@@]12C/C(=C\c3ccccc3)C(=O)C[C@H]1CCCc1cc3c(cnn3-c3ccc(F)cc3)cc12.CC[C@@]12C/C(=C\c3ccccc3)[C@](O)(C(F)(F)F)C[C@H]1CCCc1cc3c(cnn3-c3ccc(F)cc3)cc12. The second-order valence-electron chi connectivity index (χ2n) is 21.1. The van der Waals surface area contributed by atoms with Crippen molar-refractivity contribution in [1.82, 2.24) is 19.6 Å². The van der Waals surface area contributed by atoms with Crippen LogP contribution in [0.15, 0.2) is 157 Å². The smallest absolute Gasteiger partial charge is 0.376 e. The Morgan fingerprint density at radius 1 is 0.635 bits per heavy atom. The second-order valence-corrected chi connectivity index (χ2v) is 21.1. The topological polar surface area (TPSA) is 72.9 Å². The van der Waals surface area contributed by atoms with Gasteiger partial charge in [-0.2, -0.15) is 23.4 Å². The van der Waals surface area contributed by atoms with E-state index in [1.54, 1.807) is 59.4 Å². The number of carbonyl (C=O) groups is 1. The van der Waals surface area contributed by atoms with Crippen LogP contribution in [0.5, 0.6) is 0 Å². The van der Waals surface area contributed by atoms with Crippen LogP contribution in [0.3, 0.4) is 0 Å². The largest absolute Gasteiger partial charge is 0.421 e. The number of aromatic nitrogens is 4. The Morgan fingerprint density at radius 2 is 1.11 bits per heavy atom. The molecule has 0 saturated heterocycles. The number of ketones is 1. The molecule has 0 radical (unpaired) electrons. The van der Waals surface area contributed by atoms with E-state index in [1.807, 2.05) is 42.1 Å². The molecule has 5 atom stereocenters. The van der Waals surface area contributed by atoms with E-state index in [0.29, 0.717) is 36.5 Å².